The van der Waals surface area contributed by atoms with E-state index >= 15 is 0 Å². The molecule has 2 rings (SSSR count). The van der Waals surface area contributed by atoms with Crippen LogP contribution in [0.1, 0.15) is 50.7 Å². The normalized spacial score (nSPS) is 19.6. The Morgan fingerprint density at radius 3 is 2.58 bits per heavy atom. The minimum absolute atomic E-state index is 0.222. The molecule has 0 amide bonds. The second-order valence-electron chi connectivity index (χ2n) is 6.29. The van der Waals surface area contributed by atoms with Crippen LogP contribution in [0.3, 0.4) is 0 Å². The number of rotatable bonds is 4. The first-order chi connectivity index (χ1) is 9.00. The molecule has 0 aromatic heterocycles. The van der Waals surface area contributed by atoms with Crippen LogP contribution < -0.4 is 5.73 Å². The van der Waals surface area contributed by atoms with Crippen LogP contribution in [-0.4, -0.2) is 6.10 Å². The van der Waals surface area contributed by atoms with Gasteiger partial charge in [-0.1, -0.05) is 19.9 Å². The van der Waals surface area contributed by atoms with Crippen molar-refractivity contribution in [2.24, 2.45) is 11.1 Å². The van der Waals surface area contributed by atoms with Crippen molar-refractivity contribution >= 4 is 0 Å². The number of nitrogens with two attached hydrogens (primary N) is 1. The van der Waals surface area contributed by atoms with Crippen LogP contribution >= 0.6 is 0 Å². The summed E-state index contributed by atoms with van der Waals surface area (Å²) in [4.78, 5) is 0. The third-order valence-electron chi connectivity index (χ3n) is 4.15. The summed E-state index contributed by atoms with van der Waals surface area (Å²) in [6.45, 7) is 5.51. The Morgan fingerprint density at radius 1 is 1.26 bits per heavy atom. The van der Waals surface area contributed by atoms with Gasteiger partial charge in [-0.2, -0.15) is 0 Å². The lowest BCUT2D eigenvalue weighted by Crippen LogP contribution is -2.26. The summed E-state index contributed by atoms with van der Waals surface area (Å²) in [5.74, 6) is -0.222. The molecule has 1 saturated carbocycles. The summed E-state index contributed by atoms with van der Waals surface area (Å²) in [6.07, 6.45) is 4.90. The van der Waals surface area contributed by atoms with Crippen LogP contribution in [0.25, 0.3) is 0 Å². The molecular weight excluding hydrogens is 241 g/mol. The molecule has 0 spiro atoms. The van der Waals surface area contributed by atoms with Gasteiger partial charge >= 0.3 is 0 Å². The van der Waals surface area contributed by atoms with E-state index in [0.717, 1.165) is 24.0 Å². The zero-order valence-electron chi connectivity index (χ0n) is 11.9. The minimum atomic E-state index is -0.222. The average Bonchev–Trinajstić information content (AvgIpc) is 2.38. The molecule has 0 saturated heterocycles. The molecule has 0 heterocycles. The van der Waals surface area contributed by atoms with Crippen LogP contribution in [0.5, 0.6) is 0 Å². The Hall–Kier alpha value is -0.930. The summed E-state index contributed by atoms with van der Waals surface area (Å²) in [5.41, 5.74) is 7.96. The molecule has 0 bridgehead atoms. The molecule has 2 nitrogen and oxygen atoms in total. The first-order valence-electron chi connectivity index (χ1n) is 7.09. The van der Waals surface area contributed by atoms with Gasteiger partial charge in [0.05, 0.1) is 12.7 Å². The van der Waals surface area contributed by atoms with Gasteiger partial charge in [-0.05, 0) is 54.4 Å². The van der Waals surface area contributed by atoms with E-state index in [9.17, 15) is 4.39 Å². The summed E-state index contributed by atoms with van der Waals surface area (Å²) in [6, 6.07) is 4.74. The predicted octanol–water partition coefficient (Wildman–Crippen LogP) is 3.77. The molecule has 106 valence electrons. The lowest BCUT2D eigenvalue weighted by molar-refractivity contribution is -0.00591. The third-order valence-corrected chi connectivity index (χ3v) is 4.15. The topological polar surface area (TPSA) is 35.2 Å². The first kappa shape index (κ1) is 14.5. The molecule has 0 aliphatic heterocycles. The van der Waals surface area contributed by atoms with E-state index in [0.29, 0.717) is 24.7 Å². The van der Waals surface area contributed by atoms with Crippen molar-refractivity contribution in [2.45, 2.75) is 58.8 Å². The fourth-order valence-electron chi connectivity index (χ4n) is 2.68. The lowest BCUT2D eigenvalue weighted by atomic mass is 9.76. The molecule has 0 radical (unpaired) electrons. The first-order valence-corrected chi connectivity index (χ1v) is 7.09. The fourth-order valence-corrected chi connectivity index (χ4v) is 2.68. The van der Waals surface area contributed by atoms with Gasteiger partial charge in [0.1, 0.15) is 5.82 Å². The molecular formula is C16H24FNO. The van der Waals surface area contributed by atoms with Gasteiger partial charge in [-0.25, -0.2) is 4.39 Å². The van der Waals surface area contributed by atoms with E-state index < -0.39 is 0 Å². The number of benzene rings is 1. The van der Waals surface area contributed by atoms with Crippen molar-refractivity contribution < 1.29 is 9.13 Å². The van der Waals surface area contributed by atoms with E-state index in [1.165, 1.54) is 25.0 Å². The van der Waals surface area contributed by atoms with E-state index in [1.54, 1.807) is 6.07 Å². The fraction of sp³-hybridized carbons (Fsp3) is 0.625. The quantitative estimate of drug-likeness (QED) is 0.899. The average molecular weight is 265 g/mol. The van der Waals surface area contributed by atoms with Gasteiger partial charge in [0, 0.05) is 6.54 Å². The highest BCUT2D eigenvalue weighted by atomic mass is 19.1. The molecule has 1 aliphatic carbocycles. The summed E-state index contributed by atoms with van der Waals surface area (Å²) in [7, 11) is 0. The maximum Gasteiger partial charge on any atom is 0.123 e. The van der Waals surface area contributed by atoms with Crippen molar-refractivity contribution in [3.63, 3.8) is 0 Å². The molecule has 1 aromatic rings. The Kier molecular flexibility index (Phi) is 4.58. The highest BCUT2D eigenvalue weighted by Gasteiger charge is 2.27. The van der Waals surface area contributed by atoms with Crippen LogP contribution in [0, 0.1) is 11.2 Å². The largest absolute Gasteiger partial charge is 0.374 e. The van der Waals surface area contributed by atoms with Crippen LogP contribution in [0.2, 0.25) is 0 Å². The van der Waals surface area contributed by atoms with E-state index in [1.807, 2.05) is 0 Å². The minimum Gasteiger partial charge on any atom is -0.374 e. The molecule has 1 aromatic carbocycles. The molecule has 3 heteroatoms. The number of hydrogen-bond acceptors (Lipinski definition) is 2. The van der Waals surface area contributed by atoms with Crippen molar-refractivity contribution in [1.82, 2.24) is 0 Å². The Bertz CT molecular complexity index is 421. The molecule has 19 heavy (non-hydrogen) atoms. The maximum atomic E-state index is 13.3. The number of ether oxygens (including phenoxy) is 1. The zero-order chi connectivity index (χ0) is 13.9. The van der Waals surface area contributed by atoms with Gasteiger partial charge in [0.25, 0.3) is 0 Å². The second-order valence-corrected chi connectivity index (χ2v) is 6.29. The zero-order valence-corrected chi connectivity index (χ0v) is 11.9. The monoisotopic (exact) mass is 265 g/mol. The van der Waals surface area contributed by atoms with Crippen molar-refractivity contribution in [1.29, 1.82) is 0 Å². The van der Waals surface area contributed by atoms with E-state index in [-0.39, 0.29) is 5.82 Å². The predicted molar refractivity (Wildman–Crippen MR) is 75.1 cm³/mol. The second kappa shape index (κ2) is 6.02. The Labute approximate surface area is 115 Å². The molecule has 1 fully saturated rings. The lowest BCUT2D eigenvalue weighted by Gasteiger charge is -2.34. The van der Waals surface area contributed by atoms with Crippen molar-refractivity contribution in [3.05, 3.63) is 35.1 Å². The smallest absolute Gasteiger partial charge is 0.123 e. The highest BCUT2D eigenvalue weighted by Crippen LogP contribution is 2.36. The highest BCUT2D eigenvalue weighted by molar-refractivity contribution is 5.27. The van der Waals surface area contributed by atoms with Crippen LogP contribution in [-0.2, 0) is 17.9 Å². The van der Waals surface area contributed by atoms with Gasteiger partial charge in [-0.15, -0.1) is 0 Å². The van der Waals surface area contributed by atoms with Crippen LogP contribution in [0.15, 0.2) is 18.2 Å². The third kappa shape index (κ3) is 4.02. The summed E-state index contributed by atoms with van der Waals surface area (Å²) >= 11 is 0. The number of halogens is 1. The van der Waals surface area contributed by atoms with E-state index in [4.69, 9.17) is 10.5 Å². The molecule has 0 unspecified atom stereocenters. The number of hydrogen-bond donors (Lipinski definition) is 1. The molecule has 0 atom stereocenters. The maximum absolute atomic E-state index is 13.3. The van der Waals surface area contributed by atoms with Gasteiger partial charge in [-0.3, -0.25) is 0 Å². The SMILES string of the molecule is CC1(C)CCC(OCc2cc(F)ccc2CN)CC1. The van der Waals surface area contributed by atoms with Crippen molar-refractivity contribution in [2.75, 3.05) is 0 Å². The molecule has 1 aliphatic rings. The van der Waals surface area contributed by atoms with E-state index in [2.05, 4.69) is 13.8 Å². The standard InChI is InChI=1S/C16H24FNO/c1-16(2)7-5-15(6-8-16)19-11-13-9-14(17)4-3-12(13)10-18/h3-4,9,15H,5-8,10-11,18H2,1-2H3. The van der Waals surface area contributed by atoms with Gasteiger partial charge in [0.2, 0.25) is 0 Å². The Morgan fingerprint density at radius 2 is 1.95 bits per heavy atom. The van der Waals surface area contributed by atoms with Crippen LogP contribution in [0.4, 0.5) is 4.39 Å². The summed E-state index contributed by atoms with van der Waals surface area (Å²) < 4.78 is 19.2. The summed E-state index contributed by atoms with van der Waals surface area (Å²) in [5, 5.41) is 0. The Balaban J connectivity index is 1.91. The van der Waals surface area contributed by atoms with Crippen molar-refractivity contribution in [3.8, 4) is 0 Å². The van der Waals surface area contributed by atoms with Gasteiger partial charge < -0.3 is 10.5 Å². The molecule has 2 N–H and O–H groups in total. The van der Waals surface area contributed by atoms with Gasteiger partial charge in [0.15, 0.2) is 0 Å².